The molecular formula is C17H24N2O3. The van der Waals surface area contributed by atoms with Crippen LogP contribution < -0.4 is 5.32 Å². The van der Waals surface area contributed by atoms with Gasteiger partial charge in [-0.05, 0) is 32.8 Å². The molecule has 22 heavy (non-hydrogen) atoms. The number of nitrogens with one attached hydrogen (secondary N) is 1. The molecule has 1 aliphatic rings. The van der Waals surface area contributed by atoms with E-state index >= 15 is 0 Å². The van der Waals surface area contributed by atoms with Crippen LogP contribution in [0.4, 0.5) is 4.79 Å². The molecule has 1 aliphatic heterocycles. The lowest BCUT2D eigenvalue weighted by Gasteiger charge is -2.37. The van der Waals surface area contributed by atoms with E-state index in [4.69, 9.17) is 4.74 Å². The van der Waals surface area contributed by atoms with E-state index in [2.05, 4.69) is 5.32 Å². The standard InChI is InChI=1S/C17H24N2O3/c1-17(2,3)19-13(10-11-14(20)22-4)15(18-16(19)21)12-8-6-5-7-9-12/h5-9,13,15H,10-11H2,1-4H3,(H,18,21)/t13-,15-/m0/s1. The number of rotatable bonds is 4. The van der Waals surface area contributed by atoms with Gasteiger partial charge in [-0.2, -0.15) is 0 Å². The highest BCUT2D eigenvalue weighted by atomic mass is 16.5. The van der Waals surface area contributed by atoms with Crippen LogP contribution in [0.25, 0.3) is 0 Å². The predicted octanol–water partition coefficient (Wildman–Crippen LogP) is 2.87. The van der Waals surface area contributed by atoms with Gasteiger partial charge >= 0.3 is 12.0 Å². The zero-order valence-corrected chi connectivity index (χ0v) is 13.6. The van der Waals surface area contributed by atoms with E-state index in [0.29, 0.717) is 12.8 Å². The number of ether oxygens (including phenoxy) is 1. The summed E-state index contributed by atoms with van der Waals surface area (Å²) in [5.41, 5.74) is 0.742. The number of carbonyl (C=O) groups excluding carboxylic acids is 2. The lowest BCUT2D eigenvalue weighted by atomic mass is 9.93. The Morgan fingerprint density at radius 2 is 1.91 bits per heavy atom. The smallest absolute Gasteiger partial charge is 0.318 e. The molecule has 1 N–H and O–H groups in total. The second-order valence-corrected chi connectivity index (χ2v) is 6.56. The number of methoxy groups -OCH3 is 1. The average Bonchev–Trinajstić information content (AvgIpc) is 2.82. The zero-order valence-electron chi connectivity index (χ0n) is 13.6. The average molecular weight is 304 g/mol. The van der Waals surface area contributed by atoms with Crippen LogP contribution in [0.15, 0.2) is 30.3 Å². The van der Waals surface area contributed by atoms with E-state index in [1.807, 2.05) is 56.0 Å². The first kappa shape index (κ1) is 16.3. The van der Waals surface area contributed by atoms with Crippen LogP contribution in [0.2, 0.25) is 0 Å². The quantitative estimate of drug-likeness (QED) is 0.870. The first-order valence-corrected chi connectivity index (χ1v) is 7.56. The number of urea groups is 1. The van der Waals surface area contributed by atoms with Gasteiger partial charge in [-0.25, -0.2) is 4.79 Å². The number of hydrogen-bond donors (Lipinski definition) is 1. The third-order valence-corrected chi connectivity index (χ3v) is 3.97. The fourth-order valence-electron chi connectivity index (χ4n) is 3.03. The monoisotopic (exact) mass is 304 g/mol. The summed E-state index contributed by atoms with van der Waals surface area (Å²) in [5, 5.41) is 3.05. The fraction of sp³-hybridized carbons (Fsp3) is 0.529. The fourth-order valence-corrected chi connectivity index (χ4v) is 3.03. The van der Waals surface area contributed by atoms with Crippen LogP contribution in [-0.2, 0) is 9.53 Å². The molecule has 5 heteroatoms. The second kappa shape index (κ2) is 6.38. The largest absolute Gasteiger partial charge is 0.469 e. The first-order valence-electron chi connectivity index (χ1n) is 7.56. The van der Waals surface area contributed by atoms with E-state index in [1.54, 1.807) is 0 Å². The molecule has 0 unspecified atom stereocenters. The summed E-state index contributed by atoms with van der Waals surface area (Å²) in [6.07, 6.45) is 0.869. The van der Waals surface area contributed by atoms with Gasteiger partial charge in [0.1, 0.15) is 0 Å². The summed E-state index contributed by atoms with van der Waals surface area (Å²) in [7, 11) is 1.39. The number of esters is 1. The van der Waals surface area contributed by atoms with E-state index in [9.17, 15) is 9.59 Å². The van der Waals surface area contributed by atoms with E-state index in [1.165, 1.54) is 7.11 Å². The highest BCUT2D eigenvalue weighted by Crippen LogP contribution is 2.34. The van der Waals surface area contributed by atoms with Crippen molar-refractivity contribution in [2.75, 3.05) is 7.11 Å². The minimum Gasteiger partial charge on any atom is -0.469 e. The van der Waals surface area contributed by atoms with Gasteiger partial charge in [-0.1, -0.05) is 30.3 Å². The second-order valence-electron chi connectivity index (χ2n) is 6.56. The van der Waals surface area contributed by atoms with Crippen molar-refractivity contribution in [1.29, 1.82) is 0 Å². The van der Waals surface area contributed by atoms with Gasteiger partial charge in [-0.15, -0.1) is 0 Å². The molecule has 1 aromatic rings. The molecule has 1 heterocycles. The molecule has 2 amide bonds. The molecular weight excluding hydrogens is 280 g/mol. The Kier molecular flexibility index (Phi) is 4.74. The molecule has 1 aromatic carbocycles. The van der Waals surface area contributed by atoms with Gasteiger partial charge in [0.2, 0.25) is 0 Å². The molecule has 1 saturated heterocycles. The molecule has 1 fully saturated rings. The number of amides is 2. The molecule has 0 aromatic heterocycles. The van der Waals surface area contributed by atoms with Crippen molar-refractivity contribution < 1.29 is 14.3 Å². The Bertz CT molecular complexity index is 537. The summed E-state index contributed by atoms with van der Waals surface area (Å²) in [6, 6.07) is 9.59. The van der Waals surface area contributed by atoms with Crippen LogP contribution in [-0.4, -0.2) is 35.6 Å². The molecule has 0 spiro atoms. The Morgan fingerprint density at radius 3 is 2.45 bits per heavy atom. The van der Waals surface area contributed by atoms with E-state index < -0.39 is 0 Å². The van der Waals surface area contributed by atoms with Gasteiger partial charge in [0.25, 0.3) is 0 Å². The van der Waals surface area contributed by atoms with Crippen molar-refractivity contribution in [2.45, 2.75) is 51.2 Å². The van der Waals surface area contributed by atoms with Crippen LogP contribution in [0.3, 0.4) is 0 Å². The molecule has 120 valence electrons. The van der Waals surface area contributed by atoms with Crippen molar-refractivity contribution in [2.24, 2.45) is 0 Å². The number of hydrogen-bond acceptors (Lipinski definition) is 3. The first-order chi connectivity index (χ1) is 10.3. The van der Waals surface area contributed by atoms with Crippen molar-refractivity contribution in [1.82, 2.24) is 10.2 Å². The van der Waals surface area contributed by atoms with Gasteiger partial charge < -0.3 is 15.0 Å². The summed E-state index contributed by atoms with van der Waals surface area (Å²) >= 11 is 0. The summed E-state index contributed by atoms with van der Waals surface area (Å²) in [4.78, 5) is 25.8. The maximum Gasteiger partial charge on any atom is 0.318 e. The van der Waals surface area contributed by atoms with Crippen molar-refractivity contribution >= 4 is 12.0 Å². The maximum atomic E-state index is 12.4. The highest BCUT2D eigenvalue weighted by molar-refractivity contribution is 5.79. The molecule has 0 bridgehead atoms. The van der Waals surface area contributed by atoms with Crippen molar-refractivity contribution in [3.8, 4) is 0 Å². The summed E-state index contributed by atoms with van der Waals surface area (Å²) < 4.78 is 4.74. The van der Waals surface area contributed by atoms with Gasteiger partial charge in [0.05, 0.1) is 19.2 Å². The Balaban J connectivity index is 2.28. The van der Waals surface area contributed by atoms with Crippen LogP contribution in [0.5, 0.6) is 0 Å². The SMILES string of the molecule is COC(=O)CC[C@H]1[C@H](c2ccccc2)NC(=O)N1C(C)(C)C. The Hall–Kier alpha value is -2.04. The minimum atomic E-state index is -0.311. The Labute approximate surface area is 131 Å². The van der Waals surface area contributed by atoms with Gasteiger partial charge in [0.15, 0.2) is 0 Å². The van der Waals surface area contributed by atoms with E-state index in [-0.39, 0.29) is 29.6 Å². The summed E-state index contributed by atoms with van der Waals surface area (Å²) in [5.74, 6) is -0.250. The van der Waals surface area contributed by atoms with Crippen molar-refractivity contribution in [3.63, 3.8) is 0 Å². The highest BCUT2D eigenvalue weighted by Gasteiger charge is 2.44. The zero-order chi connectivity index (χ0) is 16.3. The molecule has 0 aliphatic carbocycles. The normalized spacial score (nSPS) is 21.6. The topological polar surface area (TPSA) is 58.6 Å². The third-order valence-electron chi connectivity index (χ3n) is 3.97. The molecule has 2 atom stereocenters. The maximum absolute atomic E-state index is 12.4. The lowest BCUT2D eigenvalue weighted by molar-refractivity contribution is -0.141. The number of benzene rings is 1. The third kappa shape index (κ3) is 3.40. The van der Waals surface area contributed by atoms with Gasteiger partial charge in [-0.3, -0.25) is 4.79 Å². The number of carbonyl (C=O) groups is 2. The van der Waals surface area contributed by atoms with Crippen molar-refractivity contribution in [3.05, 3.63) is 35.9 Å². The lowest BCUT2D eigenvalue weighted by Crippen LogP contribution is -2.48. The number of nitrogens with zero attached hydrogens (tertiary/aromatic N) is 1. The predicted molar refractivity (Wildman–Crippen MR) is 84.3 cm³/mol. The van der Waals surface area contributed by atoms with E-state index in [0.717, 1.165) is 5.56 Å². The molecule has 5 nitrogen and oxygen atoms in total. The van der Waals surface area contributed by atoms with Gasteiger partial charge in [0, 0.05) is 12.0 Å². The summed E-state index contributed by atoms with van der Waals surface area (Å²) in [6.45, 7) is 6.02. The van der Waals surface area contributed by atoms with Crippen LogP contribution in [0.1, 0.15) is 45.2 Å². The molecule has 2 rings (SSSR count). The van der Waals surface area contributed by atoms with Crippen LogP contribution in [0, 0.1) is 0 Å². The minimum absolute atomic E-state index is 0.0750. The Morgan fingerprint density at radius 1 is 1.27 bits per heavy atom. The van der Waals surface area contributed by atoms with Crippen LogP contribution >= 0.6 is 0 Å². The molecule has 0 radical (unpaired) electrons. The molecule has 0 saturated carbocycles.